The lowest BCUT2D eigenvalue weighted by molar-refractivity contribution is 0.0993. The van der Waals surface area contributed by atoms with Crippen molar-refractivity contribution in [1.82, 2.24) is 4.31 Å². The van der Waals surface area contributed by atoms with E-state index in [0.29, 0.717) is 25.9 Å². The van der Waals surface area contributed by atoms with Gasteiger partial charge in [-0.25, -0.2) is 17.1 Å². The number of piperidine rings is 1. The lowest BCUT2D eigenvalue weighted by Crippen LogP contribution is -2.40. The van der Waals surface area contributed by atoms with Gasteiger partial charge >= 0.3 is 0 Å². The van der Waals surface area contributed by atoms with Gasteiger partial charge in [0.1, 0.15) is 11.6 Å². The lowest BCUT2D eigenvalue weighted by Gasteiger charge is -2.31. The van der Waals surface area contributed by atoms with E-state index in [-0.39, 0.29) is 22.9 Å². The van der Waals surface area contributed by atoms with Gasteiger partial charge in [0.05, 0.1) is 0 Å². The molecule has 1 saturated heterocycles. The second kappa shape index (κ2) is 8.20. The van der Waals surface area contributed by atoms with Gasteiger partial charge in [-0.05, 0) is 48.6 Å². The Morgan fingerprint density at radius 3 is 2.04 bits per heavy atom. The maximum Gasteiger partial charge on any atom is 0.248 e. The summed E-state index contributed by atoms with van der Waals surface area (Å²) >= 11 is 0. The van der Waals surface area contributed by atoms with E-state index in [9.17, 15) is 22.4 Å². The third-order valence-corrected chi connectivity index (χ3v) is 6.77. The van der Waals surface area contributed by atoms with Crippen LogP contribution in [0.4, 0.5) is 4.39 Å². The van der Waals surface area contributed by atoms with Crippen molar-refractivity contribution in [2.24, 2.45) is 5.73 Å². The normalized spacial score (nSPS) is 16.0. The van der Waals surface area contributed by atoms with Gasteiger partial charge in [0.15, 0.2) is 5.78 Å². The molecule has 0 radical (unpaired) electrons. The first-order valence-corrected chi connectivity index (χ1v) is 10.5. The molecule has 148 valence electrons. The zero-order valence-corrected chi connectivity index (χ0v) is 16.0. The van der Waals surface area contributed by atoms with E-state index in [0.717, 1.165) is 5.56 Å². The van der Waals surface area contributed by atoms with Crippen molar-refractivity contribution in [3.05, 3.63) is 71.0 Å². The molecular weight excluding hydrogens is 383 g/mol. The highest BCUT2D eigenvalue weighted by molar-refractivity contribution is 7.89. The molecule has 1 fully saturated rings. The van der Waals surface area contributed by atoms with Crippen LogP contribution < -0.4 is 5.73 Å². The van der Waals surface area contributed by atoms with Crippen molar-refractivity contribution >= 4 is 21.7 Å². The molecule has 0 aromatic heterocycles. The molecule has 1 aliphatic heterocycles. The predicted octanol–water partition coefficient (Wildman–Crippen LogP) is 2.32. The molecule has 0 saturated carbocycles. The van der Waals surface area contributed by atoms with Crippen LogP contribution in [0, 0.1) is 5.82 Å². The molecule has 2 aromatic rings. The fraction of sp³-hybridized carbons (Fsp3) is 0.300. The summed E-state index contributed by atoms with van der Waals surface area (Å²) in [5.41, 5.74) is 6.61. The number of Topliss-reactive ketones (excluding diaryl/α,β-unsaturated/α-hetero) is 1. The second-order valence-corrected chi connectivity index (χ2v) is 8.81. The summed E-state index contributed by atoms with van der Waals surface area (Å²) in [5.74, 6) is -1.90. The zero-order chi connectivity index (χ0) is 20.3. The van der Waals surface area contributed by atoms with Gasteiger partial charge in [-0.1, -0.05) is 24.3 Å². The van der Waals surface area contributed by atoms with Crippen LogP contribution in [0.5, 0.6) is 0 Å². The Kier molecular flexibility index (Phi) is 5.90. The molecule has 1 aliphatic rings. The summed E-state index contributed by atoms with van der Waals surface area (Å²) in [6.45, 7) is 0.635. The molecule has 6 nitrogen and oxygen atoms in total. The number of carbonyl (C=O) groups excluding carboxylic acids is 2. The van der Waals surface area contributed by atoms with Gasteiger partial charge in [0.25, 0.3) is 0 Å². The van der Waals surface area contributed by atoms with E-state index in [2.05, 4.69) is 0 Å². The smallest absolute Gasteiger partial charge is 0.248 e. The Bertz CT molecular complexity index is 964. The molecular formula is C20H21FN2O4S. The van der Waals surface area contributed by atoms with Gasteiger partial charge in [-0.3, -0.25) is 9.59 Å². The van der Waals surface area contributed by atoms with Crippen molar-refractivity contribution < 1.29 is 22.4 Å². The number of hydrogen-bond acceptors (Lipinski definition) is 4. The molecule has 1 amide bonds. The van der Waals surface area contributed by atoms with Gasteiger partial charge < -0.3 is 5.73 Å². The Morgan fingerprint density at radius 2 is 1.50 bits per heavy atom. The van der Waals surface area contributed by atoms with E-state index < -0.39 is 27.5 Å². The molecule has 3 rings (SSSR count). The first-order valence-electron chi connectivity index (χ1n) is 8.92. The molecule has 2 N–H and O–H groups in total. The lowest BCUT2D eigenvalue weighted by atomic mass is 9.90. The number of sulfonamides is 1. The molecule has 28 heavy (non-hydrogen) atoms. The minimum atomic E-state index is -3.74. The Balaban J connectivity index is 1.61. The van der Waals surface area contributed by atoms with Gasteiger partial charge in [-0.15, -0.1) is 0 Å². The summed E-state index contributed by atoms with van der Waals surface area (Å²) < 4.78 is 39.6. The van der Waals surface area contributed by atoms with Crippen LogP contribution in [0.3, 0.4) is 0 Å². The third kappa shape index (κ3) is 4.63. The van der Waals surface area contributed by atoms with Gasteiger partial charge in [0.2, 0.25) is 15.9 Å². The minimum Gasteiger partial charge on any atom is -0.366 e. The van der Waals surface area contributed by atoms with Crippen molar-refractivity contribution in [3.63, 3.8) is 0 Å². The first-order chi connectivity index (χ1) is 13.3. The molecule has 0 unspecified atom stereocenters. The van der Waals surface area contributed by atoms with Crippen LogP contribution >= 0.6 is 0 Å². The Labute approximate surface area is 163 Å². The molecule has 2 aromatic carbocycles. The monoisotopic (exact) mass is 404 g/mol. The maximum atomic E-state index is 13.1. The van der Waals surface area contributed by atoms with Crippen LogP contribution in [0.15, 0.2) is 48.5 Å². The number of ketones is 1. The average Bonchev–Trinajstić information content (AvgIpc) is 2.68. The van der Waals surface area contributed by atoms with Crippen molar-refractivity contribution in [3.8, 4) is 0 Å². The number of benzene rings is 2. The largest absolute Gasteiger partial charge is 0.366 e. The molecule has 0 atom stereocenters. The summed E-state index contributed by atoms with van der Waals surface area (Å²) in [4.78, 5) is 23.4. The van der Waals surface area contributed by atoms with Crippen LogP contribution in [0.1, 0.15) is 45.0 Å². The SMILES string of the molecule is NC(=O)c1ccc(C(=O)CS(=O)(=O)N2CCC(c3ccc(F)cc3)CC2)cc1. The van der Waals surface area contributed by atoms with Gasteiger partial charge in [0, 0.05) is 24.2 Å². The summed E-state index contributed by atoms with van der Waals surface area (Å²) in [7, 11) is -3.74. The van der Waals surface area contributed by atoms with E-state index >= 15 is 0 Å². The number of hydrogen-bond donors (Lipinski definition) is 1. The number of halogens is 1. The first kappa shape index (κ1) is 20.2. The van der Waals surface area contributed by atoms with Crippen LogP contribution in [0.2, 0.25) is 0 Å². The maximum absolute atomic E-state index is 13.1. The molecule has 0 aliphatic carbocycles. The van der Waals surface area contributed by atoms with Gasteiger partial charge in [-0.2, -0.15) is 0 Å². The number of carbonyl (C=O) groups is 2. The third-order valence-electron chi connectivity index (χ3n) is 4.99. The average molecular weight is 404 g/mol. The molecule has 0 spiro atoms. The van der Waals surface area contributed by atoms with Crippen LogP contribution in [-0.4, -0.2) is 43.3 Å². The molecule has 8 heteroatoms. The van der Waals surface area contributed by atoms with Crippen LogP contribution in [0.25, 0.3) is 0 Å². The molecule has 0 bridgehead atoms. The van der Waals surface area contributed by atoms with Crippen molar-refractivity contribution in [2.75, 3.05) is 18.8 Å². The summed E-state index contributed by atoms with van der Waals surface area (Å²) in [6, 6.07) is 11.9. The summed E-state index contributed by atoms with van der Waals surface area (Å²) in [6.07, 6.45) is 1.23. The van der Waals surface area contributed by atoms with E-state index in [1.807, 2.05) is 0 Å². The standard InChI is InChI=1S/C20H21FN2O4S/c21-18-7-5-14(6-8-18)15-9-11-23(12-10-15)28(26,27)13-19(24)16-1-3-17(4-2-16)20(22)25/h1-8,15H,9-13H2,(H2,22,25). The van der Waals surface area contributed by atoms with E-state index in [4.69, 9.17) is 5.73 Å². The highest BCUT2D eigenvalue weighted by atomic mass is 32.2. The fourth-order valence-electron chi connectivity index (χ4n) is 3.36. The van der Waals surface area contributed by atoms with Crippen molar-refractivity contribution in [2.45, 2.75) is 18.8 Å². The highest BCUT2D eigenvalue weighted by Gasteiger charge is 2.30. The fourth-order valence-corrected chi connectivity index (χ4v) is 4.81. The second-order valence-electron chi connectivity index (χ2n) is 6.85. The Hall–Kier alpha value is -2.58. The topological polar surface area (TPSA) is 97.5 Å². The number of nitrogens with two attached hydrogens (primary N) is 1. The van der Waals surface area contributed by atoms with Crippen LogP contribution in [-0.2, 0) is 10.0 Å². The number of nitrogens with zero attached hydrogens (tertiary/aromatic N) is 1. The number of amides is 1. The molecule has 1 heterocycles. The number of primary amides is 1. The minimum absolute atomic E-state index is 0.170. The van der Waals surface area contributed by atoms with Crippen molar-refractivity contribution in [1.29, 1.82) is 0 Å². The zero-order valence-electron chi connectivity index (χ0n) is 15.2. The summed E-state index contributed by atoms with van der Waals surface area (Å²) in [5, 5.41) is 0. The highest BCUT2D eigenvalue weighted by Crippen LogP contribution is 2.29. The predicted molar refractivity (Wildman–Crippen MR) is 103 cm³/mol. The quantitative estimate of drug-likeness (QED) is 0.747. The van der Waals surface area contributed by atoms with E-state index in [1.165, 1.54) is 40.7 Å². The Morgan fingerprint density at radius 1 is 0.964 bits per heavy atom. The number of rotatable bonds is 6. The van der Waals surface area contributed by atoms with E-state index in [1.54, 1.807) is 12.1 Å².